The minimum Gasteiger partial charge on any atom is -0.336 e. The molecule has 0 saturated heterocycles. The fourth-order valence-electron chi connectivity index (χ4n) is 1.23. The Balaban J connectivity index is 3.10. The van der Waals surface area contributed by atoms with Crippen molar-refractivity contribution >= 4 is 29.1 Å². The van der Waals surface area contributed by atoms with Crippen LogP contribution in [0.5, 0.6) is 0 Å². The van der Waals surface area contributed by atoms with Crippen molar-refractivity contribution in [2.75, 3.05) is 13.6 Å². The third kappa shape index (κ3) is 2.43. The molecular weight excluding hydrogens is 237 g/mol. The molecule has 6 heteroatoms. The second kappa shape index (κ2) is 4.84. The van der Waals surface area contributed by atoms with E-state index in [0.717, 1.165) is 0 Å². The minimum absolute atomic E-state index is 0.0258. The van der Waals surface area contributed by atoms with Crippen molar-refractivity contribution in [3.63, 3.8) is 0 Å². The van der Waals surface area contributed by atoms with Crippen LogP contribution in [-0.2, 0) is 4.79 Å². The number of hydrogen-bond donors (Lipinski definition) is 1. The van der Waals surface area contributed by atoms with Gasteiger partial charge in [-0.2, -0.15) is 5.26 Å². The first-order valence-electron chi connectivity index (χ1n) is 4.42. The fourth-order valence-corrected chi connectivity index (χ4v) is 1.67. The highest BCUT2D eigenvalue weighted by Gasteiger charge is 2.29. The number of carbonyl (C=O) groups is 1. The normalized spacial score (nSPS) is 33.3. The lowest BCUT2D eigenvalue weighted by molar-refractivity contribution is -0.127. The lowest BCUT2D eigenvalue weighted by atomic mass is 10.1. The first kappa shape index (κ1) is 12.3. The first-order valence-corrected chi connectivity index (χ1v) is 5.23. The number of likely N-dealkylation sites (N-methyl/N-ethyl adjacent to an activating group) is 1. The zero-order valence-electron chi connectivity index (χ0n) is 8.42. The highest BCUT2D eigenvalue weighted by Crippen LogP contribution is 2.18. The van der Waals surface area contributed by atoms with E-state index in [-0.39, 0.29) is 34.6 Å². The Morgan fingerprint density at radius 3 is 2.80 bits per heavy atom. The molecule has 0 saturated carbocycles. The number of carbonyl (C=O) groups excluding carboxylic acids is 1. The first-order chi connectivity index (χ1) is 6.99. The highest BCUT2D eigenvalue weighted by atomic mass is 35.5. The van der Waals surface area contributed by atoms with E-state index in [1.165, 1.54) is 4.90 Å². The SMILES string of the molecule is C[C@@H]1C(Cl)NC/C(Cl)=C(/C#N)C(=O)N1C. The van der Waals surface area contributed by atoms with Gasteiger partial charge in [0, 0.05) is 13.6 Å². The molecular formula is C9H11Cl2N3O. The summed E-state index contributed by atoms with van der Waals surface area (Å²) in [6.45, 7) is 2.04. The van der Waals surface area contributed by atoms with Gasteiger partial charge in [0.1, 0.15) is 17.1 Å². The molecule has 0 radical (unpaired) electrons. The predicted molar refractivity (Wildman–Crippen MR) is 58.4 cm³/mol. The Kier molecular flexibility index (Phi) is 3.97. The van der Waals surface area contributed by atoms with Gasteiger partial charge in [0.15, 0.2) is 0 Å². The average Bonchev–Trinajstić information content (AvgIpc) is 2.23. The summed E-state index contributed by atoms with van der Waals surface area (Å²) in [7, 11) is 1.59. The van der Waals surface area contributed by atoms with Crippen LogP contribution in [0.15, 0.2) is 10.6 Å². The molecule has 0 fully saturated rings. The second-order valence-corrected chi connectivity index (χ2v) is 4.26. The molecule has 0 aromatic heterocycles. The maximum atomic E-state index is 11.8. The van der Waals surface area contributed by atoms with E-state index in [1.807, 2.05) is 6.07 Å². The number of nitrogens with one attached hydrogen (secondary N) is 1. The Morgan fingerprint density at radius 1 is 1.67 bits per heavy atom. The number of amides is 1. The molecule has 1 aliphatic rings. The molecule has 0 aliphatic carbocycles. The molecule has 1 rings (SSSR count). The van der Waals surface area contributed by atoms with E-state index >= 15 is 0 Å². The Hall–Kier alpha value is -0.760. The number of nitrogens with zero attached hydrogens (tertiary/aromatic N) is 2. The van der Waals surface area contributed by atoms with E-state index in [2.05, 4.69) is 5.32 Å². The highest BCUT2D eigenvalue weighted by molar-refractivity contribution is 6.33. The summed E-state index contributed by atoms with van der Waals surface area (Å²) in [5.74, 6) is -0.387. The van der Waals surface area contributed by atoms with Gasteiger partial charge in [-0.1, -0.05) is 11.6 Å². The summed E-state index contributed by atoms with van der Waals surface area (Å²) in [6.07, 6.45) is 0. The summed E-state index contributed by atoms with van der Waals surface area (Å²) < 4.78 is 0. The fraction of sp³-hybridized carbons (Fsp3) is 0.556. The molecule has 1 heterocycles. The van der Waals surface area contributed by atoms with E-state index in [1.54, 1.807) is 14.0 Å². The number of halogens is 2. The van der Waals surface area contributed by atoms with Gasteiger partial charge < -0.3 is 4.90 Å². The minimum atomic E-state index is -0.387. The summed E-state index contributed by atoms with van der Waals surface area (Å²) in [6, 6.07) is 1.61. The summed E-state index contributed by atoms with van der Waals surface area (Å²) in [4.78, 5) is 13.2. The molecule has 1 amide bonds. The molecule has 0 aromatic rings. The van der Waals surface area contributed by atoms with Gasteiger partial charge in [0.05, 0.1) is 11.1 Å². The largest absolute Gasteiger partial charge is 0.336 e. The molecule has 4 nitrogen and oxygen atoms in total. The summed E-state index contributed by atoms with van der Waals surface area (Å²) in [5, 5.41) is 11.9. The van der Waals surface area contributed by atoms with E-state index in [0.29, 0.717) is 0 Å². The van der Waals surface area contributed by atoms with Crippen LogP contribution in [0.4, 0.5) is 0 Å². The van der Waals surface area contributed by atoms with Crippen LogP contribution >= 0.6 is 23.2 Å². The average molecular weight is 248 g/mol. The second-order valence-electron chi connectivity index (χ2n) is 3.33. The standard InChI is InChI=1S/C9H11Cl2N3O/c1-5-8(11)13-4-7(10)6(3-12)9(15)14(5)2/h5,8,13H,4H2,1-2H3/b7-6+/t5-,8?/m1/s1. The van der Waals surface area contributed by atoms with Crippen LogP contribution in [0.25, 0.3) is 0 Å². The van der Waals surface area contributed by atoms with Crippen molar-refractivity contribution in [1.82, 2.24) is 10.2 Å². The number of alkyl halides is 1. The quantitative estimate of drug-likeness (QED) is 0.514. The van der Waals surface area contributed by atoms with Gasteiger partial charge in [0.25, 0.3) is 5.91 Å². The van der Waals surface area contributed by atoms with E-state index in [4.69, 9.17) is 28.5 Å². The monoisotopic (exact) mass is 247 g/mol. The van der Waals surface area contributed by atoms with Crippen molar-refractivity contribution in [2.24, 2.45) is 0 Å². The molecule has 0 spiro atoms. The van der Waals surface area contributed by atoms with Crippen LogP contribution < -0.4 is 5.32 Å². The van der Waals surface area contributed by atoms with Gasteiger partial charge in [-0.3, -0.25) is 10.1 Å². The Bertz CT molecular complexity index is 348. The third-order valence-electron chi connectivity index (χ3n) is 2.40. The number of hydrogen-bond acceptors (Lipinski definition) is 3. The van der Waals surface area contributed by atoms with Crippen LogP contribution in [0.2, 0.25) is 0 Å². The van der Waals surface area contributed by atoms with E-state index in [9.17, 15) is 4.79 Å². The van der Waals surface area contributed by atoms with Crippen molar-refractivity contribution in [3.05, 3.63) is 10.6 Å². The van der Waals surface area contributed by atoms with Gasteiger partial charge >= 0.3 is 0 Å². The molecule has 1 N–H and O–H groups in total. The van der Waals surface area contributed by atoms with E-state index < -0.39 is 0 Å². The zero-order valence-corrected chi connectivity index (χ0v) is 9.93. The predicted octanol–water partition coefficient (Wildman–Crippen LogP) is 1.02. The molecule has 15 heavy (non-hydrogen) atoms. The van der Waals surface area contributed by atoms with Crippen LogP contribution in [0.3, 0.4) is 0 Å². The van der Waals surface area contributed by atoms with Crippen molar-refractivity contribution in [2.45, 2.75) is 18.5 Å². The zero-order chi connectivity index (χ0) is 11.6. The van der Waals surface area contributed by atoms with Crippen LogP contribution in [-0.4, -0.2) is 35.9 Å². The lowest BCUT2D eigenvalue weighted by Crippen LogP contribution is -2.49. The Morgan fingerprint density at radius 2 is 2.27 bits per heavy atom. The smallest absolute Gasteiger partial charge is 0.265 e. The van der Waals surface area contributed by atoms with Crippen LogP contribution in [0, 0.1) is 11.3 Å². The topological polar surface area (TPSA) is 56.1 Å². The summed E-state index contributed by atoms with van der Waals surface area (Å²) >= 11 is 11.8. The Labute approximate surface area is 98.4 Å². The van der Waals surface area contributed by atoms with Gasteiger partial charge in [-0.15, -0.1) is 11.6 Å². The summed E-state index contributed by atoms with van der Waals surface area (Å²) in [5.41, 5.74) is -0.407. The maximum Gasteiger partial charge on any atom is 0.265 e. The molecule has 1 aliphatic heterocycles. The third-order valence-corrected chi connectivity index (χ3v) is 3.25. The van der Waals surface area contributed by atoms with Crippen molar-refractivity contribution < 1.29 is 4.79 Å². The maximum absolute atomic E-state index is 11.8. The molecule has 0 bridgehead atoms. The van der Waals surface area contributed by atoms with Gasteiger partial charge in [-0.05, 0) is 6.92 Å². The van der Waals surface area contributed by atoms with Gasteiger partial charge in [-0.25, -0.2) is 0 Å². The number of rotatable bonds is 0. The van der Waals surface area contributed by atoms with Crippen molar-refractivity contribution in [3.8, 4) is 6.07 Å². The molecule has 82 valence electrons. The van der Waals surface area contributed by atoms with Crippen LogP contribution in [0.1, 0.15) is 6.92 Å². The van der Waals surface area contributed by atoms with Crippen molar-refractivity contribution in [1.29, 1.82) is 5.26 Å². The number of nitriles is 1. The molecule has 2 atom stereocenters. The lowest BCUT2D eigenvalue weighted by Gasteiger charge is -2.31. The molecule has 1 unspecified atom stereocenters. The molecule has 0 aromatic carbocycles. The van der Waals surface area contributed by atoms with Gasteiger partial charge in [0.2, 0.25) is 0 Å².